The van der Waals surface area contributed by atoms with Crippen molar-refractivity contribution in [3.8, 4) is 0 Å². The van der Waals surface area contributed by atoms with E-state index in [-0.39, 0.29) is 12.5 Å². The molecule has 0 aromatic carbocycles. The molecule has 0 saturated heterocycles. The molecule has 0 aromatic heterocycles. The zero-order valence-electron chi connectivity index (χ0n) is 9.85. The summed E-state index contributed by atoms with van der Waals surface area (Å²) in [5.74, 6) is 1.16. The molecule has 92 valence electrons. The summed E-state index contributed by atoms with van der Waals surface area (Å²) in [6.07, 6.45) is 5.66. The maximum absolute atomic E-state index is 11.1. The summed E-state index contributed by atoms with van der Waals surface area (Å²) in [7, 11) is 0. The second kappa shape index (κ2) is 5.15. The second-order valence-electron chi connectivity index (χ2n) is 4.88. The van der Waals surface area contributed by atoms with Crippen molar-refractivity contribution in [3.63, 3.8) is 0 Å². The lowest BCUT2D eigenvalue weighted by molar-refractivity contribution is -0.194. The smallest absolute Gasteiger partial charge is 0.322 e. The van der Waals surface area contributed by atoms with Crippen LogP contribution in [0.15, 0.2) is 0 Å². The Bertz CT molecular complexity index is 257. The van der Waals surface area contributed by atoms with E-state index in [1.807, 2.05) is 6.92 Å². The lowest BCUT2D eigenvalue weighted by Gasteiger charge is -2.26. The van der Waals surface area contributed by atoms with Crippen LogP contribution in [0.2, 0.25) is 0 Å². The number of carbonyl (C=O) groups excluding carboxylic acids is 1. The molecule has 0 spiro atoms. The van der Waals surface area contributed by atoms with Crippen LogP contribution in [0.5, 0.6) is 0 Å². The molecule has 2 fully saturated rings. The van der Waals surface area contributed by atoms with E-state index in [0.29, 0.717) is 18.4 Å². The molecular weight excluding hydrogens is 206 g/mol. The largest absolute Gasteiger partial charge is 0.435 e. The average Bonchev–Trinajstić information content (AvgIpc) is 2.89. The number of nitrogens with two attached hydrogens (primary N) is 1. The minimum atomic E-state index is -0.402. The van der Waals surface area contributed by atoms with E-state index in [0.717, 1.165) is 12.3 Å². The predicted octanol–water partition coefficient (Wildman–Crippen LogP) is 1.43. The summed E-state index contributed by atoms with van der Waals surface area (Å²) in [6, 6.07) is 0. The summed E-state index contributed by atoms with van der Waals surface area (Å²) in [5, 5.41) is 0. The van der Waals surface area contributed by atoms with Crippen molar-refractivity contribution in [2.45, 2.75) is 51.4 Å². The average molecular weight is 227 g/mol. The van der Waals surface area contributed by atoms with Crippen LogP contribution in [-0.4, -0.2) is 24.9 Å². The Balaban J connectivity index is 1.80. The molecule has 0 radical (unpaired) electrons. The molecule has 0 aliphatic heterocycles. The number of carbonyl (C=O) groups is 1. The molecule has 0 aromatic rings. The Labute approximate surface area is 96.5 Å². The molecule has 2 rings (SSSR count). The van der Waals surface area contributed by atoms with Gasteiger partial charge in [-0.15, -0.1) is 0 Å². The van der Waals surface area contributed by atoms with Crippen LogP contribution in [0.25, 0.3) is 0 Å². The minimum absolute atomic E-state index is 0.0728. The Morgan fingerprint density at radius 2 is 2.25 bits per heavy atom. The number of ether oxygens (including phenoxy) is 2. The molecule has 0 heterocycles. The molecule has 4 heteroatoms. The quantitative estimate of drug-likeness (QED) is 0.570. The Kier molecular flexibility index (Phi) is 3.82. The van der Waals surface area contributed by atoms with Gasteiger partial charge in [0.15, 0.2) is 0 Å². The van der Waals surface area contributed by atoms with Gasteiger partial charge in [0, 0.05) is 6.42 Å². The predicted molar refractivity (Wildman–Crippen MR) is 59.5 cm³/mol. The van der Waals surface area contributed by atoms with Crippen molar-refractivity contribution in [2.75, 3.05) is 6.54 Å². The molecule has 2 bridgehead atoms. The fraction of sp³-hybridized carbons (Fsp3) is 0.917. The normalized spacial score (nSPS) is 34.0. The molecule has 2 aliphatic rings. The minimum Gasteiger partial charge on any atom is -0.435 e. The maximum atomic E-state index is 11.1. The van der Waals surface area contributed by atoms with E-state index in [1.165, 1.54) is 19.3 Å². The van der Waals surface area contributed by atoms with Gasteiger partial charge < -0.3 is 15.2 Å². The fourth-order valence-corrected chi connectivity index (χ4v) is 2.95. The maximum Gasteiger partial charge on any atom is 0.322 e. The highest BCUT2D eigenvalue weighted by molar-refractivity contribution is 5.71. The molecular formula is C12H21NO3. The lowest BCUT2D eigenvalue weighted by atomic mass is 9.98. The van der Waals surface area contributed by atoms with Gasteiger partial charge in [0.1, 0.15) is 0 Å². The number of hydrogen-bond acceptors (Lipinski definition) is 4. The monoisotopic (exact) mass is 227 g/mol. The van der Waals surface area contributed by atoms with E-state index < -0.39 is 6.29 Å². The highest BCUT2D eigenvalue weighted by atomic mass is 16.7. The molecule has 4 unspecified atom stereocenters. The summed E-state index contributed by atoms with van der Waals surface area (Å²) >= 11 is 0. The first-order chi connectivity index (χ1) is 7.72. The van der Waals surface area contributed by atoms with Gasteiger partial charge in [-0.3, -0.25) is 4.79 Å². The van der Waals surface area contributed by atoms with E-state index in [1.54, 1.807) is 0 Å². The van der Waals surface area contributed by atoms with E-state index in [9.17, 15) is 4.79 Å². The second-order valence-corrected chi connectivity index (χ2v) is 4.88. The van der Waals surface area contributed by atoms with E-state index in [2.05, 4.69) is 0 Å². The first-order valence-electron chi connectivity index (χ1n) is 6.28. The Morgan fingerprint density at radius 1 is 1.44 bits per heavy atom. The van der Waals surface area contributed by atoms with Gasteiger partial charge in [0.05, 0.1) is 12.6 Å². The molecule has 0 amide bonds. The van der Waals surface area contributed by atoms with Crippen molar-refractivity contribution in [2.24, 2.45) is 17.6 Å². The summed E-state index contributed by atoms with van der Waals surface area (Å²) in [5.41, 5.74) is 5.21. The number of rotatable bonds is 5. The first-order valence-corrected chi connectivity index (χ1v) is 6.28. The Hall–Kier alpha value is -0.610. The molecule has 2 saturated carbocycles. The molecule has 4 nitrogen and oxygen atoms in total. The van der Waals surface area contributed by atoms with Crippen molar-refractivity contribution in [3.05, 3.63) is 0 Å². The molecule has 2 aliphatic carbocycles. The van der Waals surface area contributed by atoms with Gasteiger partial charge in [0.25, 0.3) is 0 Å². The van der Waals surface area contributed by atoms with Crippen molar-refractivity contribution in [1.29, 1.82) is 0 Å². The van der Waals surface area contributed by atoms with Crippen LogP contribution in [-0.2, 0) is 14.3 Å². The van der Waals surface area contributed by atoms with Gasteiger partial charge >= 0.3 is 5.97 Å². The number of fused-ring (bicyclic) bond motifs is 2. The fourth-order valence-electron chi connectivity index (χ4n) is 2.95. The van der Waals surface area contributed by atoms with Crippen molar-refractivity contribution < 1.29 is 14.3 Å². The number of hydrogen-bond donors (Lipinski definition) is 1. The molecule has 2 N–H and O–H groups in total. The van der Waals surface area contributed by atoms with Gasteiger partial charge in [-0.1, -0.05) is 6.92 Å². The highest BCUT2D eigenvalue weighted by Crippen LogP contribution is 2.46. The van der Waals surface area contributed by atoms with Gasteiger partial charge in [0.2, 0.25) is 6.29 Å². The lowest BCUT2D eigenvalue weighted by Crippen LogP contribution is -2.31. The topological polar surface area (TPSA) is 61.5 Å². The van der Waals surface area contributed by atoms with E-state index >= 15 is 0 Å². The third-order valence-electron chi connectivity index (χ3n) is 3.76. The van der Waals surface area contributed by atoms with Crippen LogP contribution in [0.1, 0.15) is 39.0 Å². The first kappa shape index (κ1) is 11.9. The van der Waals surface area contributed by atoms with Crippen LogP contribution in [0.4, 0.5) is 0 Å². The highest BCUT2D eigenvalue weighted by Gasteiger charge is 2.41. The third-order valence-corrected chi connectivity index (χ3v) is 3.76. The van der Waals surface area contributed by atoms with Crippen molar-refractivity contribution in [1.82, 2.24) is 0 Å². The standard InChI is InChI=1S/C12H21NO3/c1-2-12(16-11(14)7-13)15-10-6-8-3-4-9(10)5-8/h8-10,12H,2-7,13H2,1H3. The Morgan fingerprint density at radius 3 is 2.75 bits per heavy atom. The van der Waals surface area contributed by atoms with Gasteiger partial charge in [-0.05, 0) is 37.5 Å². The summed E-state index contributed by atoms with van der Waals surface area (Å²) in [4.78, 5) is 11.1. The van der Waals surface area contributed by atoms with Crippen LogP contribution in [0, 0.1) is 11.8 Å². The van der Waals surface area contributed by atoms with Gasteiger partial charge in [-0.25, -0.2) is 0 Å². The van der Waals surface area contributed by atoms with Crippen LogP contribution >= 0.6 is 0 Å². The van der Waals surface area contributed by atoms with Gasteiger partial charge in [-0.2, -0.15) is 0 Å². The molecule has 16 heavy (non-hydrogen) atoms. The summed E-state index contributed by atoms with van der Waals surface area (Å²) < 4.78 is 11.0. The van der Waals surface area contributed by atoms with Crippen LogP contribution < -0.4 is 5.73 Å². The summed E-state index contributed by atoms with van der Waals surface area (Å²) in [6.45, 7) is 1.89. The third kappa shape index (κ3) is 2.55. The number of esters is 1. The zero-order valence-corrected chi connectivity index (χ0v) is 9.85. The zero-order chi connectivity index (χ0) is 11.5. The SMILES string of the molecule is CCC(OC(=O)CN)OC1CC2CCC1C2. The molecule has 4 atom stereocenters. The van der Waals surface area contributed by atoms with E-state index in [4.69, 9.17) is 15.2 Å². The van der Waals surface area contributed by atoms with Crippen molar-refractivity contribution >= 4 is 5.97 Å². The van der Waals surface area contributed by atoms with Crippen LogP contribution in [0.3, 0.4) is 0 Å².